The zero-order valence-electron chi connectivity index (χ0n) is 22.8. The molecule has 1 saturated heterocycles. The molecule has 2 atom stereocenters. The molecule has 0 radical (unpaired) electrons. The first-order valence-corrected chi connectivity index (χ1v) is 14.9. The molecule has 2 aromatic rings. The quantitative estimate of drug-likeness (QED) is 0.515. The lowest BCUT2D eigenvalue weighted by Gasteiger charge is -2.33. The summed E-state index contributed by atoms with van der Waals surface area (Å²) in [5.74, 6) is -3.06. The lowest BCUT2D eigenvalue weighted by atomic mass is 10.0. The van der Waals surface area contributed by atoms with Crippen molar-refractivity contribution in [1.29, 1.82) is 0 Å². The van der Waals surface area contributed by atoms with E-state index < -0.39 is 50.5 Å². The fourth-order valence-corrected chi connectivity index (χ4v) is 6.72. The summed E-state index contributed by atoms with van der Waals surface area (Å²) in [4.78, 5) is 57.1. The number of fused-ring (bicyclic) bond motifs is 1. The fraction of sp³-hybridized carbons (Fsp3) is 0.464. The number of amides is 2. The van der Waals surface area contributed by atoms with Gasteiger partial charge in [-0.2, -0.15) is 8.42 Å². The highest BCUT2D eigenvalue weighted by atomic mass is 32.2. The molecule has 1 aromatic heterocycles. The van der Waals surface area contributed by atoms with E-state index >= 15 is 0 Å². The van der Waals surface area contributed by atoms with Gasteiger partial charge in [-0.05, 0) is 44.2 Å². The second-order valence-electron chi connectivity index (χ2n) is 10.3. The van der Waals surface area contributed by atoms with Gasteiger partial charge in [0.05, 0.1) is 6.54 Å². The number of nitrogens with one attached hydrogen (secondary N) is 2. The lowest BCUT2D eigenvalue weighted by molar-refractivity contribution is -0.135. The minimum absolute atomic E-state index is 0.0337. The molecule has 0 bridgehead atoms. The molecule has 0 saturated carbocycles. The van der Waals surface area contributed by atoms with Crippen molar-refractivity contribution >= 4 is 49.4 Å². The molecule has 3 heterocycles. The van der Waals surface area contributed by atoms with Gasteiger partial charge in [0.2, 0.25) is 5.04 Å². The van der Waals surface area contributed by atoms with Crippen LogP contribution in [0.25, 0.3) is 11.0 Å². The van der Waals surface area contributed by atoms with E-state index in [1.807, 2.05) is 32.9 Å². The maximum Gasteiger partial charge on any atom is 0.288 e. The Labute approximate surface area is 233 Å². The minimum Gasteiger partial charge on any atom is -0.451 e. The Morgan fingerprint density at radius 3 is 2.67 bits per heavy atom. The molecule has 2 aliphatic rings. The molecule has 12 heteroatoms. The zero-order chi connectivity index (χ0) is 29.0. The standard InChI is InChI=1S/C28H34N4O7S/c1-4-18-19-9-5-6-12-24(19)39-25(18)26(35)31-20(15-17(2)3)28(36)32(21-10-7-13-29-16-23(21)34)40(37,38)27-22(33)11-8-14-30-27/h5-6,8-9,12,14,17,20-21,29H,4,7,10-11,13,15-16H2,1-3H3,(H,31,35)/t20?,21-/m0/s1. The summed E-state index contributed by atoms with van der Waals surface area (Å²) < 4.78 is 34.1. The fourth-order valence-electron chi connectivity index (χ4n) is 5.04. The number of allylic oxidation sites excluding steroid dienone is 1. The summed E-state index contributed by atoms with van der Waals surface area (Å²) in [5, 5.41) is 5.58. The van der Waals surface area contributed by atoms with Crippen LogP contribution in [-0.2, 0) is 30.8 Å². The molecule has 40 heavy (non-hydrogen) atoms. The van der Waals surface area contributed by atoms with E-state index in [1.54, 1.807) is 12.1 Å². The maximum atomic E-state index is 14.2. The van der Waals surface area contributed by atoms with Crippen LogP contribution in [0, 0.1) is 5.92 Å². The summed E-state index contributed by atoms with van der Waals surface area (Å²) in [5.41, 5.74) is 1.17. The number of aliphatic imine (C=N–C) groups is 1. The third-order valence-corrected chi connectivity index (χ3v) is 8.69. The molecule has 1 unspecified atom stereocenters. The SMILES string of the molecule is CCc1c(C(=O)NC(CC(C)C)C(=O)N([C@H]2CCCNCC2=O)S(=O)(=O)C2=NC=CCC2=O)oc2ccccc12. The van der Waals surface area contributed by atoms with Crippen molar-refractivity contribution in [3.05, 3.63) is 47.9 Å². The van der Waals surface area contributed by atoms with Crippen LogP contribution < -0.4 is 10.6 Å². The molecule has 4 rings (SSSR count). The molecule has 0 aliphatic carbocycles. The molecule has 1 fully saturated rings. The van der Waals surface area contributed by atoms with Crippen molar-refractivity contribution in [2.45, 2.75) is 65.0 Å². The molecule has 2 aliphatic heterocycles. The number of rotatable bonds is 7. The van der Waals surface area contributed by atoms with Gasteiger partial charge in [0.1, 0.15) is 17.7 Å². The Morgan fingerprint density at radius 2 is 1.98 bits per heavy atom. The maximum absolute atomic E-state index is 14.2. The number of carbonyl (C=O) groups excluding carboxylic acids is 4. The van der Waals surface area contributed by atoms with Crippen LogP contribution in [-0.4, -0.2) is 66.3 Å². The normalized spacial score (nSPS) is 18.9. The molecule has 2 N–H and O–H groups in total. The Bertz CT molecular complexity index is 1490. The van der Waals surface area contributed by atoms with Gasteiger partial charge >= 0.3 is 0 Å². The molecule has 2 amide bonds. The smallest absolute Gasteiger partial charge is 0.288 e. The highest BCUT2D eigenvalue weighted by Gasteiger charge is 2.46. The lowest BCUT2D eigenvalue weighted by Crippen LogP contribution is -2.58. The van der Waals surface area contributed by atoms with Gasteiger partial charge in [0.25, 0.3) is 21.8 Å². The second kappa shape index (κ2) is 12.3. The Hall–Kier alpha value is -3.64. The van der Waals surface area contributed by atoms with Crippen LogP contribution >= 0.6 is 0 Å². The van der Waals surface area contributed by atoms with E-state index in [0.717, 1.165) is 5.39 Å². The van der Waals surface area contributed by atoms with Crippen molar-refractivity contribution in [2.75, 3.05) is 13.1 Å². The number of benzene rings is 1. The first-order valence-electron chi connectivity index (χ1n) is 13.4. The first-order chi connectivity index (χ1) is 19.1. The number of para-hydroxylation sites is 1. The molecule has 0 spiro atoms. The van der Waals surface area contributed by atoms with Crippen molar-refractivity contribution in [1.82, 2.24) is 14.9 Å². The summed E-state index contributed by atoms with van der Waals surface area (Å²) in [6, 6.07) is 4.51. The number of carbonyl (C=O) groups is 4. The van der Waals surface area contributed by atoms with Gasteiger partial charge in [-0.3, -0.25) is 19.2 Å². The van der Waals surface area contributed by atoms with Crippen LogP contribution in [0.4, 0.5) is 0 Å². The highest BCUT2D eigenvalue weighted by molar-refractivity contribution is 8.06. The van der Waals surface area contributed by atoms with Gasteiger partial charge in [-0.15, -0.1) is 0 Å². The number of furan rings is 1. The van der Waals surface area contributed by atoms with Crippen LogP contribution in [0.3, 0.4) is 0 Å². The van der Waals surface area contributed by atoms with Crippen molar-refractivity contribution in [3.63, 3.8) is 0 Å². The Kier molecular flexibility index (Phi) is 8.99. The summed E-state index contributed by atoms with van der Waals surface area (Å²) in [6.07, 6.45) is 3.47. The first kappa shape index (κ1) is 29.3. The van der Waals surface area contributed by atoms with E-state index in [2.05, 4.69) is 15.6 Å². The largest absolute Gasteiger partial charge is 0.451 e. The van der Waals surface area contributed by atoms with Gasteiger partial charge in [-0.1, -0.05) is 45.0 Å². The van der Waals surface area contributed by atoms with E-state index in [9.17, 15) is 27.6 Å². The van der Waals surface area contributed by atoms with Crippen LogP contribution in [0.2, 0.25) is 0 Å². The number of nitrogens with zero attached hydrogens (tertiary/aromatic N) is 2. The van der Waals surface area contributed by atoms with Gasteiger partial charge in [-0.25, -0.2) is 9.30 Å². The predicted octanol–water partition coefficient (Wildman–Crippen LogP) is 2.50. The van der Waals surface area contributed by atoms with Crippen LogP contribution in [0.1, 0.15) is 62.6 Å². The number of hydrogen-bond acceptors (Lipinski definition) is 9. The average Bonchev–Trinajstić information content (AvgIpc) is 3.17. The Morgan fingerprint density at radius 1 is 1.23 bits per heavy atom. The second-order valence-corrected chi connectivity index (χ2v) is 12.0. The molecular weight excluding hydrogens is 536 g/mol. The van der Waals surface area contributed by atoms with Crippen LogP contribution in [0.5, 0.6) is 0 Å². The number of hydrogen-bond donors (Lipinski definition) is 2. The molecule has 214 valence electrons. The number of Topliss-reactive ketones (excluding diaryl/α,β-unsaturated/α-hetero) is 2. The van der Waals surface area contributed by atoms with E-state index in [0.29, 0.717) is 34.8 Å². The zero-order valence-corrected chi connectivity index (χ0v) is 23.6. The summed E-state index contributed by atoms with van der Waals surface area (Å²) in [6.45, 7) is 5.85. The van der Waals surface area contributed by atoms with Gasteiger partial charge in [0.15, 0.2) is 17.3 Å². The molecule has 11 nitrogen and oxygen atoms in total. The van der Waals surface area contributed by atoms with Crippen LogP contribution in [0.15, 0.2) is 46.0 Å². The van der Waals surface area contributed by atoms with Crippen molar-refractivity contribution < 1.29 is 32.0 Å². The molecular formula is C28H34N4O7S. The third-order valence-electron chi connectivity index (χ3n) is 6.91. The minimum atomic E-state index is -4.83. The highest BCUT2D eigenvalue weighted by Crippen LogP contribution is 2.27. The van der Waals surface area contributed by atoms with Gasteiger partial charge in [0, 0.05) is 23.6 Å². The number of ketones is 2. The van der Waals surface area contributed by atoms with E-state index in [-0.39, 0.29) is 37.5 Å². The average molecular weight is 571 g/mol. The Balaban J connectivity index is 1.76. The third kappa shape index (κ3) is 5.92. The monoisotopic (exact) mass is 570 g/mol. The number of aryl methyl sites for hydroxylation is 1. The van der Waals surface area contributed by atoms with Gasteiger partial charge < -0.3 is 15.1 Å². The summed E-state index contributed by atoms with van der Waals surface area (Å²) in [7, 11) is -4.83. The van der Waals surface area contributed by atoms with Crippen molar-refractivity contribution in [3.8, 4) is 0 Å². The van der Waals surface area contributed by atoms with E-state index in [4.69, 9.17) is 4.42 Å². The number of sulfonamides is 1. The van der Waals surface area contributed by atoms with Crippen molar-refractivity contribution in [2.24, 2.45) is 10.9 Å². The summed E-state index contributed by atoms with van der Waals surface area (Å²) >= 11 is 0. The molecule has 1 aromatic carbocycles. The van der Waals surface area contributed by atoms with E-state index in [1.165, 1.54) is 12.3 Å². The topological polar surface area (TPSA) is 155 Å². The predicted molar refractivity (Wildman–Crippen MR) is 149 cm³/mol.